The van der Waals surface area contributed by atoms with Gasteiger partial charge in [-0.2, -0.15) is 8.78 Å². The second kappa shape index (κ2) is 12.4. The van der Waals surface area contributed by atoms with Crippen molar-refractivity contribution in [3.8, 4) is 5.75 Å². The molecular formula is C18H21F2NO6. The molecule has 1 amide bonds. The zero-order valence-electron chi connectivity index (χ0n) is 14.8. The van der Waals surface area contributed by atoms with E-state index >= 15 is 0 Å². The highest BCUT2D eigenvalue weighted by Gasteiger charge is 2.06. The number of benzene rings is 1. The number of carbonyl (C=O) groups excluding carboxylic acids is 3. The zero-order valence-corrected chi connectivity index (χ0v) is 14.8. The Balaban J connectivity index is 2.24. The molecule has 7 nitrogen and oxygen atoms in total. The molecule has 0 radical (unpaired) electrons. The number of hydrogen-bond donors (Lipinski definition) is 1. The third-order valence-electron chi connectivity index (χ3n) is 3.05. The van der Waals surface area contributed by atoms with E-state index in [0.29, 0.717) is 18.6 Å². The van der Waals surface area contributed by atoms with Crippen LogP contribution in [-0.2, 0) is 23.9 Å². The maximum Gasteiger partial charge on any atom is 0.387 e. The Bertz CT molecular complexity index is 646. The Hall–Kier alpha value is -2.97. The quantitative estimate of drug-likeness (QED) is 0.357. The second-order valence-electron chi connectivity index (χ2n) is 5.15. The van der Waals surface area contributed by atoms with Gasteiger partial charge in [-0.25, -0.2) is 4.79 Å². The van der Waals surface area contributed by atoms with Gasteiger partial charge in [0, 0.05) is 19.0 Å². The molecule has 0 fully saturated rings. The molecule has 1 aromatic carbocycles. The topological polar surface area (TPSA) is 90.9 Å². The fraction of sp³-hybridized carbons (Fsp3) is 0.389. The van der Waals surface area contributed by atoms with Crippen molar-refractivity contribution < 1.29 is 37.4 Å². The summed E-state index contributed by atoms with van der Waals surface area (Å²) in [5, 5.41) is 2.51. The van der Waals surface area contributed by atoms with Gasteiger partial charge in [0.15, 0.2) is 6.61 Å². The first-order valence-electron chi connectivity index (χ1n) is 8.22. The summed E-state index contributed by atoms with van der Waals surface area (Å²) in [4.78, 5) is 34.2. The first kappa shape index (κ1) is 22.1. The largest absolute Gasteiger partial charge is 0.466 e. The van der Waals surface area contributed by atoms with Crippen LogP contribution in [-0.4, -0.2) is 44.2 Å². The van der Waals surface area contributed by atoms with E-state index < -0.39 is 25.1 Å². The van der Waals surface area contributed by atoms with Crippen LogP contribution in [0.2, 0.25) is 0 Å². The van der Waals surface area contributed by atoms with Crippen LogP contribution >= 0.6 is 0 Å². The van der Waals surface area contributed by atoms with E-state index in [1.54, 1.807) is 6.92 Å². The summed E-state index contributed by atoms with van der Waals surface area (Å²) in [6.07, 6.45) is 3.13. The van der Waals surface area contributed by atoms with Gasteiger partial charge in [0.1, 0.15) is 5.75 Å². The fourth-order valence-corrected chi connectivity index (χ4v) is 1.85. The molecule has 9 heteroatoms. The fourth-order valence-electron chi connectivity index (χ4n) is 1.85. The first-order chi connectivity index (χ1) is 12.9. The highest BCUT2D eigenvalue weighted by atomic mass is 19.3. The molecule has 1 N–H and O–H groups in total. The van der Waals surface area contributed by atoms with Gasteiger partial charge in [0.05, 0.1) is 6.61 Å². The van der Waals surface area contributed by atoms with Gasteiger partial charge < -0.3 is 19.5 Å². The van der Waals surface area contributed by atoms with Crippen LogP contribution in [0.25, 0.3) is 6.08 Å². The Morgan fingerprint density at radius 1 is 1.15 bits per heavy atom. The molecule has 0 aliphatic rings. The number of ether oxygens (including phenoxy) is 3. The lowest BCUT2D eigenvalue weighted by atomic mass is 10.2. The van der Waals surface area contributed by atoms with Crippen molar-refractivity contribution in [2.75, 3.05) is 19.8 Å². The number of halogens is 2. The maximum absolute atomic E-state index is 12.0. The van der Waals surface area contributed by atoms with Crippen molar-refractivity contribution in [3.63, 3.8) is 0 Å². The van der Waals surface area contributed by atoms with Crippen LogP contribution in [0, 0.1) is 0 Å². The molecular weight excluding hydrogens is 364 g/mol. The predicted octanol–water partition coefficient (Wildman–Crippen LogP) is 2.30. The van der Waals surface area contributed by atoms with Crippen LogP contribution in [0.4, 0.5) is 8.78 Å². The Morgan fingerprint density at radius 3 is 2.48 bits per heavy atom. The molecule has 0 aliphatic carbocycles. The summed E-state index contributed by atoms with van der Waals surface area (Å²) >= 11 is 0. The molecule has 0 spiro atoms. The minimum Gasteiger partial charge on any atom is -0.466 e. The van der Waals surface area contributed by atoms with E-state index in [9.17, 15) is 23.2 Å². The van der Waals surface area contributed by atoms with Crippen LogP contribution in [0.1, 0.15) is 25.3 Å². The lowest BCUT2D eigenvalue weighted by Crippen LogP contribution is -2.29. The lowest BCUT2D eigenvalue weighted by molar-refractivity contribution is -0.143. The average Bonchev–Trinajstić information content (AvgIpc) is 2.63. The summed E-state index contributed by atoms with van der Waals surface area (Å²) in [6, 6.07) is 5.64. The van der Waals surface area contributed by atoms with Crippen LogP contribution < -0.4 is 10.1 Å². The van der Waals surface area contributed by atoms with E-state index in [-0.39, 0.29) is 24.7 Å². The van der Waals surface area contributed by atoms with Crippen LogP contribution in [0.3, 0.4) is 0 Å². The molecule has 27 heavy (non-hydrogen) atoms. The van der Waals surface area contributed by atoms with Crippen LogP contribution in [0.5, 0.6) is 5.75 Å². The number of amides is 1. The SMILES string of the molecule is CCOC(=O)CCCNC(=O)COC(=O)C=Cc1ccc(OC(F)F)cc1. The Kier molecular flexibility index (Phi) is 10.1. The minimum absolute atomic E-state index is 0.00403. The summed E-state index contributed by atoms with van der Waals surface area (Å²) in [7, 11) is 0. The van der Waals surface area contributed by atoms with Gasteiger partial charge in [-0.1, -0.05) is 12.1 Å². The highest BCUT2D eigenvalue weighted by Crippen LogP contribution is 2.15. The molecule has 0 bridgehead atoms. The average molecular weight is 385 g/mol. The summed E-state index contributed by atoms with van der Waals surface area (Å²) in [5.41, 5.74) is 0.567. The number of hydrogen-bond acceptors (Lipinski definition) is 6. The molecule has 0 saturated carbocycles. The zero-order chi connectivity index (χ0) is 20.1. The lowest BCUT2D eigenvalue weighted by Gasteiger charge is -2.05. The van der Waals surface area contributed by atoms with E-state index in [1.165, 1.54) is 30.3 Å². The van der Waals surface area contributed by atoms with Gasteiger partial charge in [0.25, 0.3) is 5.91 Å². The van der Waals surface area contributed by atoms with Crippen molar-refractivity contribution in [3.05, 3.63) is 35.9 Å². The van der Waals surface area contributed by atoms with E-state index in [0.717, 1.165) is 6.08 Å². The van der Waals surface area contributed by atoms with Crippen molar-refractivity contribution >= 4 is 23.9 Å². The van der Waals surface area contributed by atoms with Gasteiger partial charge in [-0.3, -0.25) is 9.59 Å². The Labute approximate surface area is 155 Å². The number of alkyl halides is 2. The predicted molar refractivity (Wildman–Crippen MR) is 91.9 cm³/mol. The monoisotopic (exact) mass is 385 g/mol. The molecule has 0 aromatic heterocycles. The smallest absolute Gasteiger partial charge is 0.387 e. The molecule has 1 aromatic rings. The third kappa shape index (κ3) is 10.6. The van der Waals surface area contributed by atoms with E-state index in [4.69, 9.17) is 9.47 Å². The van der Waals surface area contributed by atoms with Gasteiger partial charge in [-0.15, -0.1) is 0 Å². The summed E-state index contributed by atoms with van der Waals surface area (Å²) in [6.45, 7) is -1.08. The number of esters is 2. The Morgan fingerprint density at radius 2 is 1.85 bits per heavy atom. The van der Waals surface area contributed by atoms with Crippen molar-refractivity contribution in [2.45, 2.75) is 26.4 Å². The van der Waals surface area contributed by atoms with Gasteiger partial charge >= 0.3 is 18.6 Å². The highest BCUT2D eigenvalue weighted by molar-refractivity contribution is 5.89. The first-order valence-corrected chi connectivity index (χ1v) is 8.22. The van der Waals surface area contributed by atoms with Crippen molar-refractivity contribution in [1.29, 1.82) is 0 Å². The number of rotatable bonds is 11. The van der Waals surface area contributed by atoms with Crippen molar-refractivity contribution in [1.82, 2.24) is 5.32 Å². The second-order valence-corrected chi connectivity index (χ2v) is 5.15. The molecule has 0 saturated heterocycles. The maximum atomic E-state index is 12.0. The molecule has 0 atom stereocenters. The van der Waals surface area contributed by atoms with E-state index in [2.05, 4.69) is 10.1 Å². The van der Waals surface area contributed by atoms with E-state index in [1.807, 2.05) is 0 Å². The summed E-state index contributed by atoms with van der Waals surface area (Å²) < 4.78 is 37.8. The molecule has 0 aliphatic heterocycles. The van der Waals surface area contributed by atoms with Crippen molar-refractivity contribution in [2.24, 2.45) is 0 Å². The van der Waals surface area contributed by atoms with Gasteiger partial charge in [-0.05, 0) is 37.1 Å². The minimum atomic E-state index is -2.90. The molecule has 148 valence electrons. The molecule has 1 rings (SSSR count). The van der Waals surface area contributed by atoms with Gasteiger partial charge in [0.2, 0.25) is 0 Å². The third-order valence-corrected chi connectivity index (χ3v) is 3.05. The van der Waals surface area contributed by atoms with Crippen LogP contribution in [0.15, 0.2) is 30.3 Å². The normalized spacial score (nSPS) is 10.7. The number of carbonyl (C=O) groups is 3. The summed E-state index contributed by atoms with van der Waals surface area (Å²) in [5.74, 6) is -1.56. The molecule has 0 unspecified atom stereocenters. The molecule has 0 heterocycles. The standard InChI is InChI=1S/C18H21F2NO6/c1-2-25-16(23)4-3-11-21-15(22)12-26-17(24)10-7-13-5-8-14(9-6-13)27-18(19)20/h5-10,18H,2-4,11-12H2,1H3,(H,21,22). The number of nitrogens with one attached hydrogen (secondary N) is 1.